The molecule has 1 unspecified atom stereocenters. The highest BCUT2D eigenvalue weighted by Crippen LogP contribution is 2.25. The van der Waals surface area contributed by atoms with E-state index in [9.17, 15) is 14.4 Å². The van der Waals surface area contributed by atoms with Crippen LogP contribution in [0.15, 0.2) is 54.6 Å². The molecule has 0 aromatic heterocycles. The third kappa shape index (κ3) is 3.27. The molecule has 0 bridgehead atoms. The van der Waals surface area contributed by atoms with E-state index in [2.05, 4.69) is 5.32 Å². The second-order valence-electron chi connectivity index (χ2n) is 5.62. The normalized spacial score (nSPS) is 16.9. The monoisotopic (exact) mass is 324 g/mol. The number of nitrogens with one attached hydrogen (secondary N) is 1. The first-order chi connectivity index (χ1) is 11.5. The van der Waals surface area contributed by atoms with Crippen LogP contribution in [0.25, 0.3) is 0 Å². The van der Waals surface area contributed by atoms with Crippen LogP contribution in [0.1, 0.15) is 16.8 Å². The second-order valence-corrected chi connectivity index (χ2v) is 5.62. The van der Waals surface area contributed by atoms with E-state index in [1.165, 1.54) is 12.1 Å². The van der Waals surface area contributed by atoms with E-state index < -0.39 is 11.9 Å². The number of hydrogen-bond acceptors (Lipinski definition) is 3. The van der Waals surface area contributed by atoms with Crippen molar-refractivity contribution in [2.75, 3.05) is 16.8 Å². The van der Waals surface area contributed by atoms with Gasteiger partial charge in [0.2, 0.25) is 11.8 Å². The molecule has 3 rings (SSSR count). The highest BCUT2D eigenvalue weighted by atomic mass is 16.4. The summed E-state index contributed by atoms with van der Waals surface area (Å²) in [6.07, 6.45) is 0.138. The predicted octanol–water partition coefficient (Wildman–Crippen LogP) is 2.38. The maximum Gasteiger partial charge on any atom is 0.335 e. The van der Waals surface area contributed by atoms with E-state index in [4.69, 9.17) is 5.11 Å². The number of nitrogens with zero attached hydrogens (tertiary/aromatic N) is 1. The molecular formula is C18H16N2O4. The van der Waals surface area contributed by atoms with Crippen LogP contribution >= 0.6 is 0 Å². The number of para-hydroxylation sites is 1. The van der Waals surface area contributed by atoms with Crippen molar-refractivity contribution in [1.82, 2.24) is 0 Å². The van der Waals surface area contributed by atoms with Crippen molar-refractivity contribution in [2.45, 2.75) is 6.42 Å². The van der Waals surface area contributed by atoms with Crippen molar-refractivity contribution in [3.63, 3.8) is 0 Å². The Morgan fingerprint density at radius 3 is 2.54 bits per heavy atom. The van der Waals surface area contributed by atoms with Crippen LogP contribution in [0.5, 0.6) is 0 Å². The number of rotatable bonds is 4. The summed E-state index contributed by atoms with van der Waals surface area (Å²) >= 11 is 0. The smallest absolute Gasteiger partial charge is 0.335 e. The summed E-state index contributed by atoms with van der Waals surface area (Å²) in [6.45, 7) is 0.313. The summed E-state index contributed by atoms with van der Waals surface area (Å²) < 4.78 is 0. The van der Waals surface area contributed by atoms with E-state index in [0.29, 0.717) is 12.2 Å². The van der Waals surface area contributed by atoms with Gasteiger partial charge >= 0.3 is 5.97 Å². The first-order valence-electron chi connectivity index (χ1n) is 7.54. The van der Waals surface area contributed by atoms with Gasteiger partial charge in [0, 0.05) is 24.3 Å². The quantitative estimate of drug-likeness (QED) is 0.904. The lowest BCUT2D eigenvalue weighted by Crippen LogP contribution is -2.28. The molecule has 1 fully saturated rings. The molecule has 2 aromatic rings. The Kier molecular flexibility index (Phi) is 4.29. The average molecular weight is 324 g/mol. The van der Waals surface area contributed by atoms with Gasteiger partial charge in [-0.25, -0.2) is 4.79 Å². The van der Waals surface area contributed by atoms with E-state index in [-0.39, 0.29) is 23.8 Å². The molecule has 1 aliphatic heterocycles. The molecule has 24 heavy (non-hydrogen) atoms. The predicted molar refractivity (Wildman–Crippen MR) is 88.9 cm³/mol. The summed E-state index contributed by atoms with van der Waals surface area (Å²) in [5.74, 6) is -1.91. The Morgan fingerprint density at radius 2 is 1.83 bits per heavy atom. The summed E-state index contributed by atoms with van der Waals surface area (Å²) in [7, 11) is 0. The molecule has 1 saturated heterocycles. The van der Waals surface area contributed by atoms with Crippen LogP contribution in [-0.4, -0.2) is 29.4 Å². The number of hydrogen-bond donors (Lipinski definition) is 2. The molecule has 2 amide bonds. The molecule has 122 valence electrons. The van der Waals surface area contributed by atoms with E-state index in [0.717, 1.165) is 5.69 Å². The molecule has 6 nitrogen and oxygen atoms in total. The molecule has 0 spiro atoms. The SMILES string of the molecule is O=C(O)c1cccc(NC(=O)C2CC(=O)N(c3ccccc3)C2)c1. The van der Waals surface area contributed by atoms with Gasteiger partial charge in [0.25, 0.3) is 0 Å². The van der Waals surface area contributed by atoms with Gasteiger partial charge in [0.15, 0.2) is 0 Å². The first-order valence-corrected chi connectivity index (χ1v) is 7.54. The molecule has 2 N–H and O–H groups in total. The van der Waals surface area contributed by atoms with Crippen LogP contribution in [0.4, 0.5) is 11.4 Å². The minimum atomic E-state index is -1.06. The maximum atomic E-state index is 12.4. The number of carboxylic acid groups (broad SMARTS) is 1. The van der Waals surface area contributed by atoms with E-state index >= 15 is 0 Å². The van der Waals surface area contributed by atoms with Gasteiger partial charge in [-0.05, 0) is 30.3 Å². The molecular weight excluding hydrogens is 308 g/mol. The molecule has 0 saturated carbocycles. The summed E-state index contributed by atoms with van der Waals surface area (Å²) in [5, 5.41) is 11.7. The molecule has 0 aliphatic carbocycles. The van der Waals surface area contributed by atoms with Gasteiger partial charge in [-0.2, -0.15) is 0 Å². The van der Waals surface area contributed by atoms with Crippen LogP contribution < -0.4 is 10.2 Å². The fourth-order valence-corrected chi connectivity index (χ4v) is 2.71. The van der Waals surface area contributed by atoms with Crippen LogP contribution in [0.3, 0.4) is 0 Å². The zero-order valence-electron chi connectivity index (χ0n) is 12.8. The van der Waals surface area contributed by atoms with Crippen molar-refractivity contribution in [1.29, 1.82) is 0 Å². The number of benzene rings is 2. The van der Waals surface area contributed by atoms with E-state index in [1.54, 1.807) is 17.0 Å². The van der Waals surface area contributed by atoms with Crippen molar-refractivity contribution in [3.8, 4) is 0 Å². The van der Waals surface area contributed by atoms with Gasteiger partial charge in [-0.3, -0.25) is 9.59 Å². The van der Waals surface area contributed by atoms with Gasteiger partial charge in [0.1, 0.15) is 0 Å². The summed E-state index contributed by atoms with van der Waals surface area (Å²) in [6, 6.07) is 15.2. The summed E-state index contributed by atoms with van der Waals surface area (Å²) in [4.78, 5) is 37.1. The molecule has 6 heteroatoms. The lowest BCUT2D eigenvalue weighted by Gasteiger charge is -2.16. The lowest BCUT2D eigenvalue weighted by atomic mass is 10.1. The molecule has 1 atom stereocenters. The lowest BCUT2D eigenvalue weighted by molar-refractivity contribution is -0.122. The standard InChI is InChI=1S/C18H16N2O4/c21-16-10-13(11-20(16)15-7-2-1-3-8-15)17(22)19-14-6-4-5-12(9-14)18(23)24/h1-9,13H,10-11H2,(H,19,22)(H,23,24). The number of carboxylic acids is 1. The highest BCUT2D eigenvalue weighted by molar-refractivity contribution is 6.03. The van der Waals surface area contributed by atoms with Gasteiger partial charge in [-0.1, -0.05) is 24.3 Å². The minimum absolute atomic E-state index is 0.0966. The average Bonchev–Trinajstić information content (AvgIpc) is 2.98. The Hall–Kier alpha value is -3.15. The van der Waals surface area contributed by atoms with Crippen molar-refractivity contribution in [3.05, 3.63) is 60.2 Å². The second kappa shape index (κ2) is 6.54. The van der Waals surface area contributed by atoms with E-state index in [1.807, 2.05) is 30.3 Å². The first kappa shape index (κ1) is 15.7. The Balaban J connectivity index is 1.69. The number of carbonyl (C=O) groups is 3. The maximum absolute atomic E-state index is 12.4. The van der Waals surface area contributed by atoms with Crippen molar-refractivity contribution in [2.24, 2.45) is 5.92 Å². The van der Waals surface area contributed by atoms with Crippen LogP contribution in [0, 0.1) is 5.92 Å². The van der Waals surface area contributed by atoms with Crippen LogP contribution in [0.2, 0.25) is 0 Å². The number of anilines is 2. The molecule has 2 aromatic carbocycles. The van der Waals surface area contributed by atoms with Crippen molar-refractivity contribution >= 4 is 29.2 Å². The van der Waals surface area contributed by atoms with Gasteiger partial charge in [-0.15, -0.1) is 0 Å². The molecule has 0 radical (unpaired) electrons. The third-order valence-corrected chi connectivity index (χ3v) is 3.94. The molecule has 1 aliphatic rings. The Labute approximate surface area is 138 Å². The van der Waals surface area contributed by atoms with Crippen molar-refractivity contribution < 1.29 is 19.5 Å². The van der Waals surface area contributed by atoms with Gasteiger partial charge in [0.05, 0.1) is 11.5 Å². The minimum Gasteiger partial charge on any atom is -0.478 e. The topological polar surface area (TPSA) is 86.7 Å². The Bertz CT molecular complexity index is 789. The molecule has 1 heterocycles. The number of carbonyl (C=O) groups excluding carboxylic acids is 2. The number of aromatic carboxylic acids is 1. The third-order valence-electron chi connectivity index (χ3n) is 3.94. The van der Waals surface area contributed by atoms with Crippen LogP contribution in [-0.2, 0) is 9.59 Å². The highest BCUT2D eigenvalue weighted by Gasteiger charge is 2.35. The van der Waals surface area contributed by atoms with Gasteiger partial charge < -0.3 is 15.3 Å². The number of amides is 2. The largest absolute Gasteiger partial charge is 0.478 e. The fraction of sp³-hybridized carbons (Fsp3) is 0.167. The summed E-state index contributed by atoms with van der Waals surface area (Å²) in [5.41, 5.74) is 1.28. The Morgan fingerprint density at radius 1 is 1.08 bits per heavy atom. The zero-order valence-corrected chi connectivity index (χ0v) is 12.8. The fourth-order valence-electron chi connectivity index (χ4n) is 2.71. The zero-order chi connectivity index (χ0) is 17.1.